The van der Waals surface area contributed by atoms with Crippen molar-refractivity contribution in [3.05, 3.63) is 53.0 Å². The summed E-state index contributed by atoms with van der Waals surface area (Å²) in [5, 5.41) is 0. The molecule has 0 fully saturated rings. The van der Waals surface area contributed by atoms with Crippen LogP contribution in [0.5, 0.6) is 0 Å². The summed E-state index contributed by atoms with van der Waals surface area (Å²) in [7, 11) is 0. The first-order chi connectivity index (χ1) is 13.4. The van der Waals surface area contributed by atoms with Crippen LogP contribution in [0.4, 0.5) is 0 Å². The van der Waals surface area contributed by atoms with Crippen LogP contribution < -0.4 is 5.73 Å². The number of nitrogens with two attached hydrogens (primary N) is 1. The third-order valence-electron chi connectivity index (χ3n) is 3.93. The summed E-state index contributed by atoms with van der Waals surface area (Å²) in [4.78, 5) is 22.0. The lowest BCUT2D eigenvalue weighted by atomic mass is 10.1. The molecule has 154 valence electrons. The summed E-state index contributed by atoms with van der Waals surface area (Å²) >= 11 is 3.44. The Morgan fingerprint density at radius 1 is 1.29 bits per heavy atom. The summed E-state index contributed by atoms with van der Waals surface area (Å²) in [5.74, 6) is 1.40. The number of hydrogen-bond donors (Lipinski definition) is 2. The average molecular weight is 449 g/mol. The maximum absolute atomic E-state index is 12.3. The number of carbonyl (C=O) groups excluding carboxylic acids is 1. The van der Waals surface area contributed by atoms with Crippen molar-refractivity contribution in [3.63, 3.8) is 0 Å². The number of aromatic nitrogens is 2. The van der Waals surface area contributed by atoms with Gasteiger partial charge in [0, 0.05) is 17.4 Å². The van der Waals surface area contributed by atoms with E-state index in [0.29, 0.717) is 18.9 Å². The van der Waals surface area contributed by atoms with Gasteiger partial charge in [0.25, 0.3) is 0 Å². The average Bonchev–Trinajstić information content (AvgIpc) is 3.11. The maximum Gasteiger partial charge on any atom is 0.223 e. The number of nitrogens with zero attached hydrogens (tertiary/aromatic N) is 2. The van der Waals surface area contributed by atoms with Crippen molar-refractivity contribution in [2.75, 3.05) is 6.54 Å². The first-order valence-corrected chi connectivity index (χ1v) is 10.6. The molecule has 3 N–H and O–H groups in total. The Labute approximate surface area is 177 Å². The van der Waals surface area contributed by atoms with Crippen LogP contribution in [0.2, 0.25) is 0 Å². The van der Waals surface area contributed by atoms with E-state index in [0.717, 1.165) is 40.9 Å². The lowest BCUT2D eigenvalue weighted by Gasteiger charge is -2.22. The van der Waals surface area contributed by atoms with Gasteiger partial charge in [0.1, 0.15) is 5.82 Å². The van der Waals surface area contributed by atoms with Gasteiger partial charge in [0.15, 0.2) is 0 Å². The second-order valence-corrected chi connectivity index (χ2v) is 7.92. The van der Waals surface area contributed by atoms with Gasteiger partial charge in [0.05, 0.1) is 18.4 Å². The smallest absolute Gasteiger partial charge is 0.223 e. The first-order valence-electron chi connectivity index (χ1n) is 9.85. The normalized spacial score (nSPS) is 10.8. The Morgan fingerprint density at radius 3 is 2.46 bits per heavy atom. The standard InChI is InChI=1S/C18H24BrN3O.C4H9N/c1-4-9-22(18(23)10-13(2)3)12-17-20-11-16(21-17)14-5-7-15(19)8-6-14;1-2-3-4-5/h5-8,11,13H,4,9-10,12H2,1-3H3,(H,20,21);3-4H,2,5H2,1H3. The SMILES string of the molecule is CCC=CN.CCCN(Cc1ncc(-c2ccc(Br)cc2)[nH]1)C(=O)CC(C)C. The van der Waals surface area contributed by atoms with Crippen molar-refractivity contribution < 1.29 is 4.79 Å². The van der Waals surface area contributed by atoms with Crippen molar-refractivity contribution in [1.82, 2.24) is 14.9 Å². The Kier molecular flexibility index (Phi) is 11.3. The Hall–Kier alpha value is -2.08. The fourth-order valence-electron chi connectivity index (χ4n) is 2.58. The second kappa shape index (κ2) is 13.2. The van der Waals surface area contributed by atoms with E-state index in [1.165, 1.54) is 0 Å². The van der Waals surface area contributed by atoms with Crippen LogP contribution in [0.15, 0.2) is 47.2 Å². The van der Waals surface area contributed by atoms with Crippen LogP contribution in [-0.2, 0) is 11.3 Å². The summed E-state index contributed by atoms with van der Waals surface area (Å²) in [6.45, 7) is 9.57. The lowest BCUT2D eigenvalue weighted by Crippen LogP contribution is -2.32. The number of halogens is 1. The highest BCUT2D eigenvalue weighted by Crippen LogP contribution is 2.20. The van der Waals surface area contributed by atoms with E-state index in [2.05, 4.69) is 46.7 Å². The molecular weight excluding hydrogens is 416 g/mol. The first kappa shape index (κ1) is 24.0. The molecular formula is C22H33BrN4O. The molecule has 0 spiro atoms. The number of amides is 1. The number of nitrogens with one attached hydrogen (secondary N) is 1. The molecule has 1 aromatic heterocycles. The van der Waals surface area contributed by atoms with Gasteiger partial charge in [-0.15, -0.1) is 0 Å². The van der Waals surface area contributed by atoms with E-state index in [1.807, 2.05) is 48.4 Å². The zero-order chi connectivity index (χ0) is 20.9. The van der Waals surface area contributed by atoms with E-state index < -0.39 is 0 Å². The third-order valence-corrected chi connectivity index (χ3v) is 4.45. The van der Waals surface area contributed by atoms with E-state index in [4.69, 9.17) is 5.73 Å². The van der Waals surface area contributed by atoms with Crippen molar-refractivity contribution in [3.8, 4) is 11.3 Å². The number of H-pyrrole nitrogens is 1. The van der Waals surface area contributed by atoms with Crippen LogP contribution in [0.1, 0.15) is 52.8 Å². The minimum absolute atomic E-state index is 0.198. The van der Waals surface area contributed by atoms with Gasteiger partial charge in [-0.05, 0) is 42.7 Å². The molecule has 0 aliphatic rings. The summed E-state index contributed by atoms with van der Waals surface area (Å²) < 4.78 is 1.05. The molecule has 0 aliphatic carbocycles. The third kappa shape index (κ3) is 8.74. The zero-order valence-corrected chi connectivity index (χ0v) is 19.0. The van der Waals surface area contributed by atoms with Gasteiger partial charge in [-0.2, -0.15) is 0 Å². The highest BCUT2D eigenvalue weighted by atomic mass is 79.9. The molecule has 0 unspecified atom stereocenters. The van der Waals surface area contributed by atoms with E-state index in [1.54, 1.807) is 6.20 Å². The van der Waals surface area contributed by atoms with Gasteiger partial charge in [-0.3, -0.25) is 4.79 Å². The fraction of sp³-hybridized carbons (Fsp3) is 0.455. The van der Waals surface area contributed by atoms with Crippen LogP contribution in [0.25, 0.3) is 11.3 Å². The van der Waals surface area contributed by atoms with Crippen LogP contribution in [-0.4, -0.2) is 27.3 Å². The predicted octanol–water partition coefficient (Wildman–Crippen LogP) is 5.49. The van der Waals surface area contributed by atoms with Crippen LogP contribution in [0.3, 0.4) is 0 Å². The monoisotopic (exact) mass is 448 g/mol. The number of benzene rings is 1. The van der Waals surface area contributed by atoms with Gasteiger partial charge < -0.3 is 15.6 Å². The topological polar surface area (TPSA) is 75.0 Å². The fourth-order valence-corrected chi connectivity index (χ4v) is 2.84. The molecule has 5 nitrogen and oxygen atoms in total. The molecule has 0 bridgehead atoms. The molecule has 0 aliphatic heterocycles. The second-order valence-electron chi connectivity index (χ2n) is 7.00. The number of rotatable bonds is 8. The zero-order valence-electron chi connectivity index (χ0n) is 17.4. The molecule has 0 saturated heterocycles. The largest absolute Gasteiger partial charge is 0.405 e. The van der Waals surface area contributed by atoms with Gasteiger partial charge >= 0.3 is 0 Å². The molecule has 2 aromatic rings. The Balaban J connectivity index is 0.000000696. The van der Waals surface area contributed by atoms with Crippen molar-refractivity contribution >= 4 is 21.8 Å². The number of carbonyl (C=O) groups is 1. The van der Waals surface area contributed by atoms with Crippen LogP contribution in [0, 0.1) is 5.92 Å². The van der Waals surface area contributed by atoms with E-state index in [-0.39, 0.29) is 5.91 Å². The van der Waals surface area contributed by atoms with Gasteiger partial charge in [-0.1, -0.05) is 61.8 Å². The van der Waals surface area contributed by atoms with Crippen molar-refractivity contribution in [2.45, 2.75) is 53.5 Å². The maximum atomic E-state index is 12.3. The number of allylic oxidation sites excluding steroid dienone is 1. The predicted molar refractivity (Wildman–Crippen MR) is 121 cm³/mol. The summed E-state index contributed by atoms with van der Waals surface area (Å²) in [6.07, 6.45) is 7.86. The van der Waals surface area contributed by atoms with Gasteiger partial charge in [0.2, 0.25) is 5.91 Å². The minimum Gasteiger partial charge on any atom is -0.405 e. The number of imidazole rings is 1. The highest BCUT2D eigenvalue weighted by Gasteiger charge is 2.16. The quantitative estimate of drug-likeness (QED) is 0.559. The number of hydrogen-bond acceptors (Lipinski definition) is 3. The van der Waals surface area contributed by atoms with Crippen molar-refractivity contribution in [1.29, 1.82) is 0 Å². The lowest BCUT2D eigenvalue weighted by molar-refractivity contribution is -0.132. The Bertz CT molecular complexity index is 722. The molecule has 1 aromatic carbocycles. The molecule has 0 radical (unpaired) electrons. The Morgan fingerprint density at radius 2 is 1.96 bits per heavy atom. The molecule has 1 heterocycles. The van der Waals surface area contributed by atoms with Crippen molar-refractivity contribution in [2.24, 2.45) is 11.7 Å². The molecule has 6 heteroatoms. The molecule has 0 atom stereocenters. The van der Waals surface area contributed by atoms with E-state index in [9.17, 15) is 4.79 Å². The molecule has 1 amide bonds. The molecule has 28 heavy (non-hydrogen) atoms. The molecule has 2 rings (SSSR count). The highest BCUT2D eigenvalue weighted by molar-refractivity contribution is 9.10. The number of aromatic amines is 1. The minimum atomic E-state index is 0.198. The van der Waals surface area contributed by atoms with Gasteiger partial charge in [-0.25, -0.2) is 4.98 Å². The molecule has 0 saturated carbocycles. The van der Waals surface area contributed by atoms with E-state index >= 15 is 0 Å². The van der Waals surface area contributed by atoms with Crippen LogP contribution >= 0.6 is 15.9 Å². The summed E-state index contributed by atoms with van der Waals surface area (Å²) in [5.41, 5.74) is 7.02. The summed E-state index contributed by atoms with van der Waals surface area (Å²) in [6, 6.07) is 8.08.